The monoisotopic (exact) mass is 249 g/mol. The van der Waals surface area contributed by atoms with E-state index in [0.717, 1.165) is 6.07 Å². The zero-order valence-corrected chi connectivity index (χ0v) is 8.99. The molecule has 0 amide bonds. The topological polar surface area (TPSA) is 99.8 Å². The van der Waals surface area contributed by atoms with E-state index in [1.165, 1.54) is 12.3 Å². The summed E-state index contributed by atoms with van der Waals surface area (Å²) >= 11 is 5.70. The molecular weight excluding hydrogens is 246 g/mol. The third kappa shape index (κ3) is 1.73. The molecule has 0 aliphatic carbocycles. The van der Waals surface area contributed by atoms with Crippen LogP contribution < -0.4 is 5.43 Å². The predicted octanol–water partition coefficient (Wildman–Crippen LogP) is 1.96. The summed E-state index contributed by atoms with van der Waals surface area (Å²) < 4.78 is 0. The molecule has 0 radical (unpaired) electrons. The number of benzene rings is 1. The number of halogens is 1. The highest BCUT2D eigenvalue weighted by molar-refractivity contribution is 6.33. The van der Waals surface area contributed by atoms with Gasteiger partial charge < -0.3 is 4.98 Å². The summed E-state index contributed by atoms with van der Waals surface area (Å²) in [6.07, 6.45) is 1.24. The molecule has 1 N–H and O–H groups in total. The van der Waals surface area contributed by atoms with E-state index in [2.05, 4.69) is 4.98 Å². The van der Waals surface area contributed by atoms with Crippen LogP contribution in [0.15, 0.2) is 23.1 Å². The van der Waals surface area contributed by atoms with Crippen LogP contribution in [-0.4, -0.2) is 9.91 Å². The Labute approximate surface area is 99.2 Å². The average molecular weight is 250 g/mol. The molecule has 0 unspecified atom stereocenters. The maximum Gasteiger partial charge on any atom is 0.288 e. The molecule has 0 fully saturated rings. The van der Waals surface area contributed by atoms with Gasteiger partial charge in [0.1, 0.15) is 16.7 Å². The summed E-state index contributed by atoms with van der Waals surface area (Å²) in [5.74, 6) is 0. The molecule has 2 aromatic rings. The maximum absolute atomic E-state index is 11.7. The number of nitro groups is 1. The number of nitro benzene ring substituents is 1. The lowest BCUT2D eigenvalue weighted by molar-refractivity contribution is -0.384. The van der Waals surface area contributed by atoms with Crippen LogP contribution >= 0.6 is 11.6 Å². The van der Waals surface area contributed by atoms with Gasteiger partial charge in [-0.05, 0) is 6.07 Å². The molecule has 0 bridgehead atoms. The minimum atomic E-state index is -0.680. The van der Waals surface area contributed by atoms with Crippen LogP contribution in [0, 0.1) is 21.4 Å². The number of hydrogen-bond acceptors (Lipinski definition) is 4. The lowest BCUT2D eigenvalue weighted by Gasteiger charge is -2.00. The van der Waals surface area contributed by atoms with Crippen LogP contribution in [0.5, 0.6) is 0 Å². The molecule has 17 heavy (non-hydrogen) atoms. The van der Waals surface area contributed by atoms with Crippen molar-refractivity contribution in [2.45, 2.75) is 0 Å². The van der Waals surface area contributed by atoms with Crippen molar-refractivity contribution in [2.24, 2.45) is 0 Å². The fourth-order valence-corrected chi connectivity index (χ4v) is 1.69. The van der Waals surface area contributed by atoms with Crippen LogP contribution in [0.25, 0.3) is 10.9 Å². The van der Waals surface area contributed by atoms with Crippen LogP contribution in [0.2, 0.25) is 5.02 Å². The molecule has 1 heterocycles. The van der Waals surface area contributed by atoms with Crippen molar-refractivity contribution in [1.29, 1.82) is 5.26 Å². The second-order valence-electron chi connectivity index (χ2n) is 3.25. The lowest BCUT2D eigenvalue weighted by atomic mass is 10.1. The summed E-state index contributed by atoms with van der Waals surface area (Å²) in [7, 11) is 0. The molecule has 2 rings (SSSR count). The molecule has 0 aliphatic rings. The van der Waals surface area contributed by atoms with Crippen molar-refractivity contribution in [3.63, 3.8) is 0 Å². The van der Waals surface area contributed by atoms with Crippen molar-refractivity contribution in [1.82, 2.24) is 4.98 Å². The van der Waals surface area contributed by atoms with Crippen molar-refractivity contribution >= 4 is 28.2 Å². The van der Waals surface area contributed by atoms with Gasteiger partial charge in [-0.3, -0.25) is 14.9 Å². The zero-order valence-electron chi connectivity index (χ0n) is 8.23. The van der Waals surface area contributed by atoms with Crippen molar-refractivity contribution in [3.8, 4) is 6.07 Å². The predicted molar refractivity (Wildman–Crippen MR) is 60.9 cm³/mol. The third-order valence-electron chi connectivity index (χ3n) is 2.27. The number of fused-ring (bicyclic) bond motifs is 1. The Morgan fingerprint density at radius 2 is 2.18 bits per heavy atom. The van der Waals surface area contributed by atoms with Crippen LogP contribution in [0.1, 0.15) is 5.56 Å². The summed E-state index contributed by atoms with van der Waals surface area (Å²) in [5.41, 5.74) is -0.667. The fourth-order valence-electron chi connectivity index (χ4n) is 1.45. The molecule has 0 saturated heterocycles. The Balaban J connectivity index is 2.92. The minimum Gasteiger partial charge on any atom is -0.360 e. The van der Waals surface area contributed by atoms with Crippen LogP contribution in [-0.2, 0) is 0 Å². The van der Waals surface area contributed by atoms with Gasteiger partial charge in [0.25, 0.3) is 5.69 Å². The van der Waals surface area contributed by atoms with Gasteiger partial charge in [-0.1, -0.05) is 11.6 Å². The highest BCUT2D eigenvalue weighted by Crippen LogP contribution is 2.27. The molecule has 0 aliphatic heterocycles. The second kappa shape index (κ2) is 3.88. The second-order valence-corrected chi connectivity index (χ2v) is 3.66. The van der Waals surface area contributed by atoms with E-state index in [1.807, 2.05) is 0 Å². The Hall–Kier alpha value is -2.39. The number of nitriles is 1. The number of pyridine rings is 1. The summed E-state index contributed by atoms with van der Waals surface area (Å²) in [6, 6.07) is 4.06. The smallest absolute Gasteiger partial charge is 0.288 e. The molecule has 1 aromatic carbocycles. The van der Waals surface area contributed by atoms with Crippen molar-refractivity contribution in [2.75, 3.05) is 0 Å². The quantitative estimate of drug-likeness (QED) is 0.617. The van der Waals surface area contributed by atoms with Gasteiger partial charge in [0, 0.05) is 12.3 Å². The highest BCUT2D eigenvalue weighted by Gasteiger charge is 2.16. The normalized spacial score (nSPS) is 10.1. The Kier molecular flexibility index (Phi) is 2.54. The van der Waals surface area contributed by atoms with Crippen LogP contribution in [0.4, 0.5) is 5.69 Å². The Morgan fingerprint density at radius 3 is 2.76 bits per heavy atom. The molecule has 6 nitrogen and oxygen atoms in total. The minimum absolute atomic E-state index is 0.0668. The standard InChI is InChI=1S/C10H4ClN3O3/c11-7-2-8-6(1-9(7)14(16)17)10(15)5(3-12)4-13-8/h1-2,4H,(H,13,15). The first-order valence-electron chi connectivity index (χ1n) is 4.44. The van der Waals surface area contributed by atoms with Gasteiger partial charge in [-0.2, -0.15) is 5.26 Å². The van der Waals surface area contributed by atoms with E-state index >= 15 is 0 Å². The molecule has 1 aromatic heterocycles. The van der Waals surface area contributed by atoms with Gasteiger partial charge in [0.05, 0.1) is 15.8 Å². The largest absolute Gasteiger partial charge is 0.360 e. The van der Waals surface area contributed by atoms with E-state index in [1.54, 1.807) is 6.07 Å². The number of nitrogens with one attached hydrogen (secondary N) is 1. The zero-order chi connectivity index (χ0) is 12.6. The van der Waals surface area contributed by atoms with Gasteiger partial charge >= 0.3 is 0 Å². The number of aromatic amines is 1. The summed E-state index contributed by atoms with van der Waals surface area (Å²) in [4.78, 5) is 24.4. The molecule has 0 spiro atoms. The van der Waals surface area contributed by atoms with Gasteiger partial charge in [0.2, 0.25) is 5.43 Å². The Bertz CT molecular complexity index is 730. The van der Waals surface area contributed by atoms with Gasteiger partial charge in [0.15, 0.2) is 0 Å². The van der Waals surface area contributed by atoms with Gasteiger partial charge in [-0.25, -0.2) is 0 Å². The van der Waals surface area contributed by atoms with E-state index in [0.29, 0.717) is 5.52 Å². The molecule has 7 heteroatoms. The van der Waals surface area contributed by atoms with Crippen molar-refractivity contribution in [3.05, 3.63) is 49.3 Å². The van der Waals surface area contributed by atoms with E-state index in [-0.39, 0.29) is 21.7 Å². The number of H-pyrrole nitrogens is 1. The number of hydrogen-bond donors (Lipinski definition) is 1. The maximum atomic E-state index is 11.7. The molecule has 0 saturated carbocycles. The number of rotatable bonds is 1. The fraction of sp³-hybridized carbons (Fsp3) is 0. The number of aromatic nitrogens is 1. The molecular formula is C10H4ClN3O3. The van der Waals surface area contributed by atoms with E-state index < -0.39 is 10.4 Å². The van der Waals surface area contributed by atoms with E-state index in [9.17, 15) is 14.9 Å². The SMILES string of the molecule is N#Cc1c[nH]c2cc(Cl)c([N+](=O)[O-])cc2c1=O. The lowest BCUT2D eigenvalue weighted by Crippen LogP contribution is -2.07. The highest BCUT2D eigenvalue weighted by atomic mass is 35.5. The van der Waals surface area contributed by atoms with E-state index in [4.69, 9.17) is 16.9 Å². The van der Waals surface area contributed by atoms with Crippen molar-refractivity contribution < 1.29 is 4.92 Å². The molecule has 84 valence electrons. The first-order chi connectivity index (χ1) is 8.04. The Morgan fingerprint density at radius 1 is 1.47 bits per heavy atom. The number of nitrogens with zero attached hydrogens (tertiary/aromatic N) is 2. The average Bonchev–Trinajstić information content (AvgIpc) is 2.28. The summed E-state index contributed by atoms with van der Waals surface area (Å²) in [6.45, 7) is 0. The first-order valence-corrected chi connectivity index (χ1v) is 4.82. The third-order valence-corrected chi connectivity index (χ3v) is 2.57. The van der Waals surface area contributed by atoms with Crippen LogP contribution in [0.3, 0.4) is 0 Å². The van der Waals surface area contributed by atoms with Gasteiger partial charge in [-0.15, -0.1) is 0 Å². The first kappa shape index (κ1) is 11.1. The summed E-state index contributed by atoms with van der Waals surface area (Å²) in [5, 5.41) is 19.4. The molecule has 0 atom stereocenters.